The van der Waals surface area contributed by atoms with Gasteiger partial charge in [0.25, 0.3) is 0 Å². The number of nitrogens with zero attached hydrogens (tertiary/aromatic N) is 1. The van der Waals surface area contributed by atoms with Gasteiger partial charge in [-0.25, -0.2) is 4.98 Å². The van der Waals surface area contributed by atoms with E-state index in [1.54, 1.807) is 0 Å². The van der Waals surface area contributed by atoms with Crippen molar-refractivity contribution in [2.45, 2.75) is 26.4 Å². The number of carbonyl (C=O) groups is 1. The molecule has 0 saturated heterocycles. The van der Waals surface area contributed by atoms with E-state index in [0.717, 1.165) is 0 Å². The molecule has 0 radical (unpaired) electrons. The molecular weight excluding hydrogens is 211 g/mol. The van der Waals surface area contributed by atoms with Crippen LogP contribution in [0, 0.1) is 5.95 Å². The van der Waals surface area contributed by atoms with E-state index >= 15 is 0 Å². The van der Waals surface area contributed by atoms with Crippen molar-refractivity contribution in [1.82, 2.24) is 4.98 Å². The molecule has 0 aliphatic rings. The van der Waals surface area contributed by atoms with Gasteiger partial charge in [0, 0.05) is 0 Å². The number of rotatable bonds is 3. The lowest BCUT2D eigenvalue weighted by Gasteiger charge is -2.18. The lowest BCUT2D eigenvalue weighted by atomic mass is 10.2. The second kappa shape index (κ2) is 5.03. The molecule has 1 amide bonds. The summed E-state index contributed by atoms with van der Waals surface area (Å²) in [5.41, 5.74) is 0.0854. The fourth-order valence-corrected chi connectivity index (χ4v) is 0.929. The topological polar surface area (TPSA) is 51.2 Å². The van der Waals surface area contributed by atoms with E-state index in [1.165, 1.54) is 18.3 Å². The van der Waals surface area contributed by atoms with Crippen LogP contribution in [0.3, 0.4) is 0 Å². The van der Waals surface area contributed by atoms with Gasteiger partial charge in [-0.2, -0.15) is 4.39 Å². The maximum atomic E-state index is 12.5. The fraction of sp³-hybridized carbons (Fsp3) is 0.455. The first kappa shape index (κ1) is 12.6. The Kier molecular flexibility index (Phi) is 3.95. The summed E-state index contributed by atoms with van der Waals surface area (Å²) in [6.45, 7) is 5.54. The molecule has 0 fully saturated rings. The molecule has 4 nitrogen and oxygen atoms in total. The highest BCUT2D eigenvalue weighted by atomic mass is 19.1. The van der Waals surface area contributed by atoms with Crippen molar-refractivity contribution in [3.63, 3.8) is 0 Å². The third-order valence-electron chi connectivity index (χ3n) is 1.65. The Bertz CT molecular complexity index is 357. The predicted molar refractivity (Wildman–Crippen MR) is 58.5 cm³/mol. The van der Waals surface area contributed by atoms with Gasteiger partial charge in [0.05, 0.1) is 17.5 Å². The third-order valence-corrected chi connectivity index (χ3v) is 1.65. The van der Waals surface area contributed by atoms with E-state index < -0.39 is 5.95 Å². The molecule has 0 aliphatic heterocycles. The van der Waals surface area contributed by atoms with Gasteiger partial charge in [-0.3, -0.25) is 4.79 Å². The first-order valence-electron chi connectivity index (χ1n) is 4.92. The number of hydrogen-bond acceptors (Lipinski definition) is 3. The molecule has 1 aromatic rings. The maximum Gasteiger partial charge on any atom is 0.250 e. The lowest BCUT2D eigenvalue weighted by molar-refractivity contribution is -0.125. The number of hydrogen-bond donors (Lipinski definition) is 1. The molecule has 16 heavy (non-hydrogen) atoms. The molecule has 0 bridgehead atoms. The Morgan fingerprint density at radius 2 is 2.19 bits per heavy atom. The molecule has 0 spiro atoms. The number of amides is 1. The van der Waals surface area contributed by atoms with E-state index in [9.17, 15) is 9.18 Å². The molecule has 0 saturated carbocycles. The number of ether oxygens (including phenoxy) is 1. The van der Waals surface area contributed by atoms with Gasteiger partial charge in [-0.15, -0.1) is 0 Å². The van der Waals surface area contributed by atoms with Gasteiger partial charge in [-0.1, -0.05) is 0 Å². The highest BCUT2D eigenvalue weighted by molar-refractivity contribution is 5.91. The van der Waals surface area contributed by atoms with Crippen LogP contribution in [0.15, 0.2) is 18.3 Å². The smallest absolute Gasteiger partial charge is 0.250 e. The van der Waals surface area contributed by atoms with E-state index in [4.69, 9.17) is 4.74 Å². The number of pyridine rings is 1. The summed E-state index contributed by atoms with van der Waals surface area (Å²) >= 11 is 0. The summed E-state index contributed by atoms with van der Waals surface area (Å²) in [6.07, 6.45) is 1.25. The molecule has 5 heteroatoms. The molecule has 1 rings (SSSR count). The van der Waals surface area contributed by atoms with Gasteiger partial charge in [0.1, 0.15) is 6.61 Å². The number of aromatic nitrogens is 1. The van der Waals surface area contributed by atoms with Crippen LogP contribution in [-0.2, 0) is 9.53 Å². The normalized spacial score (nSPS) is 11.2. The van der Waals surface area contributed by atoms with Gasteiger partial charge in [-0.05, 0) is 32.9 Å². The molecule has 1 aromatic heterocycles. The van der Waals surface area contributed by atoms with E-state index in [1.807, 2.05) is 20.8 Å². The van der Waals surface area contributed by atoms with Gasteiger partial charge < -0.3 is 10.1 Å². The Labute approximate surface area is 93.8 Å². The second-order valence-corrected chi connectivity index (χ2v) is 4.32. The van der Waals surface area contributed by atoms with Gasteiger partial charge >= 0.3 is 0 Å². The number of carbonyl (C=O) groups excluding carboxylic acids is 1. The average Bonchev–Trinajstić information content (AvgIpc) is 2.18. The second-order valence-electron chi connectivity index (χ2n) is 4.32. The standard InChI is InChI=1S/C11H15FN2O2/c1-11(2,3)16-7-10(15)14-8-4-5-9(12)13-6-8/h4-6H,7H2,1-3H3,(H,14,15). The van der Waals surface area contributed by atoms with Crippen LogP contribution in [0.25, 0.3) is 0 Å². The van der Waals surface area contributed by atoms with Crippen LogP contribution in [0.4, 0.5) is 10.1 Å². The highest BCUT2D eigenvalue weighted by Gasteiger charge is 2.12. The summed E-state index contributed by atoms with van der Waals surface area (Å²) in [6, 6.07) is 2.62. The Balaban J connectivity index is 2.43. The minimum absolute atomic E-state index is 0.0408. The average molecular weight is 226 g/mol. The van der Waals surface area contributed by atoms with Crippen molar-refractivity contribution in [2.75, 3.05) is 11.9 Å². The zero-order valence-electron chi connectivity index (χ0n) is 9.58. The summed E-state index contributed by atoms with van der Waals surface area (Å²) in [5, 5.41) is 2.55. The molecule has 1 heterocycles. The van der Waals surface area contributed by atoms with Crippen molar-refractivity contribution < 1.29 is 13.9 Å². The Hall–Kier alpha value is -1.49. The van der Waals surface area contributed by atoms with Crippen LogP contribution in [-0.4, -0.2) is 23.1 Å². The Morgan fingerprint density at radius 3 is 2.69 bits per heavy atom. The van der Waals surface area contributed by atoms with Crippen molar-refractivity contribution in [2.24, 2.45) is 0 Å². The van der Waals surface area contributed by atoms with Crippen LogP contribution in [0.1, 0.15) is 20.8 Å². The first-order valence-corrected chi connectivity index (χ1v) is 4.92. The lowest BCUT2D eigenvalue weighted by Crippen LogP contribution is -2.27. The third kappa shape index (κ3) is 4.84. The van der Waals surface area contributed by atoms with Crippen LogP contribution in [0.5, 0.6) is 0 Å². The molecule has 0 aliphatic carbocycles. The Morgan fingerprint density at radius 1 is 1.50 bits per heavy atom. The summed E-state index contributed by atoms with van der Waals surface area (Å²) in [4.78, 5) is 14.8. The number of halogens is 1. The number of nitrogens with one attached hydrogen (secondary N) is 1. The monoisotopic (exact) mass is 226 g/mol. The van der Waals surface area contributed by atoms with Crippen LogP contribution < -0.4 is 5.32 Å². The molecule has 1 N–H and O–H groups in total. The quantitative estimate of drug-likeness (QED) is 0.802. The van der Waals surface area contributed by atoms with Crippen molar-refractivity contribution >= 4 is 11.6 Å². The zero-order chi connectivity index (χ0) is 12.2. The SMILES string of the molecule is CC(C)(C)OCC(=O)Nc1ccc(F)nc1. The van der Waals surface area contributed by atoms with Gasteiger partial charge in [0.15, 0.2) is 0 Å². The fourth-order valence-electron chi connectivity index (χ4n) is 0.929. The summed E-state index contributed by atoms with van der Waals surface area (Å²) < 4.78 is 17.8. The largest absolute Gasteiger partial charge is 0.366 e. The summed E-state index contributed by atoms with van der Waals surface area (Å²) in [7, 11) is 0. The van der Waals surface area contributed by atoms with Crippen LogP contribution >= 0.6 is 0 Å². The minimum atomic E-state index is -0.580. The van der Waals surface area contributed by atoms with E-state index in [2.05, 4.69) is 10.3 Å². The molecule has 88 valence electrons. The minimum Gasteiger partial charge on any atom is -0.366 e. The molecule has 0 unspecified atom stereocenters. The number of anilines is 1. The first-order chi connectivity index (χ1) is 7.37. The predicted octanol–water partition coefficient (Wildman–Crippen LogP) is 1.97. The van der Waals surface area contributed by atoms with Crippen molar-refractivity contribution in [1.29, 1.82) is 0 Å². The molecule has 0 aromatic carbocycles. The zero-order valence-corrected chi connectivity index (χ0v) is 9.58. The highest BCUT2D eigenvalue weighted by Crippen LogP contribution is 2.08. The maximum absolute atomic E-state index is 12.5. The summed E-state index contributed by atoms with van der Waals surface area (Å²) in [5.74, 6) is -0.868. The molecular formula is C11H15FN2O2. The van der Waals surface area contributed by atoms with Crippen LogP contribution in [0.2, 0.25) is 0 Å². The van der Waals surface area contributed by atoms with Crippen molar-refractivity contribution in [3.05, 3.63) is 24.3 Å². The molecule has 0 atom stereocenters. The van der Waals surface area contributed by atoms with E-state index in [-0.39, 0.29) is 18.1 Å². The van der Waals surface area contributed by atoms with Crippen molar-refractivity contribution in [3.8, 4) is 0 Å². The van der Waals surface area contributed by atoms with Gasteiger partial charge in [0.2, 0.25) is 11.9 Å². The van der Waals surface area contributed by atoms with E-state index in [0.29, 0.717) is 5.69 Å².